The van der Waals surface area contributed by atoms with Gasteiger partial charge in [-0.3, -0.25) is 0 Å². The van der Waals surface area contributed by atoms with Gasteiger partial charge in [-0.05, 0) is 54.7 Å². The van der Waals surface area contributed by atoms with E-state index in [-0.39, 0.29) is 11.5 Å². The lowest BCUT2D eigenvalue weighted by molar-refractivity contribution is 0.234. The highest BCUT2D eigenvalue weighted by atomic mass is 16.5. The van der Waals surface area contributed by atoms with Gasteiger partial charge in [0, 0.05) is 0 Å². The molecule has 0 aliphatic carbocycles. The van der Waals surface area contributed by atoms with Crippen molar-refractivity contribution in [2.75, 3.05) is 0 Å². The summed E-state index contributed by atoms with van der Waals surface area (Å²) in [6.07, 6.45) is 2.36. The molecule has 0 atom stereocenters. The second-order valence-corrected chi connectivity index (χ2v) is 7.59. The fourth-order valence-corrected chi connectivity index (χ4v) is 2.50. The third-order valence-electron chi connectivity index (χ3n) is 3.36. The van der Waals surface area contributed by atoms with Gasteiger partial charge >= 0.3 is 0 Å². The molecule has 0 amide bonds. The maximum atomic E-state index is 6.18. The van der Waals surface area contributed by atoms with Gasteiger partial charge in [0.25, 0.3) is 0 Å². The number of ether oxygens (including phenoxy) is 1. The van der Waals surface area contributed by atoms with Gasteiger partial charge in [-0.25, -0.2) is 0 Å². The van der Waals surface area contributed by atoms with Crippen LogP contribution in [0.25, 0.3) is 0 Å². The summed E-state index contributed by atoms with van der Waals surface area (Å²) in [4.78, 5) is 0. The lowest BCUT2D eigenvalue weighted by Gasteiger charge is -2.25. The second-order valence-electron chi connectivity index (χ2n) is 7.59. The normalized spacial score (nSPS) is 12.3. The van der Waals surface area contributed by atoms with Gasteiger partial charge < -0.3 is 4.74 Å². The maximum absolute atomic E-state index is 6.18. The molecule has 0 radical (unpaired) electrons. The summed E-state index contributed by atoms with van der Waals surface area (Å²) in [5, 5.41) is 0. The molecular weight excluding hydrogens is 244 g/mol. The molecule has 0 bridgehead atoms. The Labute approximate surface area is 125 Å². The van der Waals surface area contributed by atoms with E-state index in [9.17, 15) is 0 Å². The monoisotopic (exact) mass is 276 g/mol. The van der Waals surface area contributed by atoms with Crippen LogP contribution in [-0.4, -0.2) is 6.10 Å². The Bertz CT molecular complexity index is 436. The predicted molar refractivity (Wildman–Crippen MR) is 88.8 cm³/mol. The van der Waals surface area contributed by atoms with Crippen molar-refractivity contribution in [3.05, 3.63) is 28.8 Å². The fourth-order valence-electron chi connectivity index (χ4n) is 2.50. The average molecular weight is 276 g/mol. The quantitative estimate of drug-likeness (QED) is 0.665. The molecule has 20 heavy (non-hydrogen) atoms. The lowest BCUT2D eigenvalue weighted by Crippen LogP contribution is -2.15. The Hall–Kier alpha value is -0.980. The van der Waals surface area contributed by atoms with Crippen molar-refractivity contribution in [1.29, 1.82) is 0 Å². The number of hydrogen-bond acceptors (Lipinski definition) is 1. The number of hydrogen-bond donors (Lipinski definition) is 0. The highest BCUT2D eigenvalue weighted by Crippen LogP contribution is 2.36. The number of benzene rings is 1. The van der Waals surface area contributed by atoms with Gasteiger partial charge in [0.15, 0.2) is 0 Å². The molecule has 1 aromatic carbocycles. The third kappa shape index (κ3) is 4.85. The minimum absolute atomic E-state index is 0.221. The molecule has 0 saturated carbocycles. The maximum Gasteiger partial charge on any atom is 0.126 e. The van der Waals surface area contributed by atoms with Crippen LogP contribution in [0.3, 0.4) is 0 Å². The second kappa shape index (κ2) is 6.65. The van der Waals surface area contributed by atoms with Crippen molar-refractivity contribution in [1.82, 2.24) is 0 Å². The van der Waals surface area contributed by atoms with E-state index in [1.807, 2.05) is 0 Å². The molecule has 0 fully saturated rings. The number of aryl methyl sites for hydroxylation is 1. The molecule has 1 heteroatoms. The third-order valence-corrected chi connectivity index (χ3v) is 3.36. The molecule has 0 spiro atoms. The smallest absolute Gasteiger partial charge is 0.126 e. The number of rotatable bonds is 5. The minimum atomic E-state index is 0.221. The van der Waals surface area contributed by atoms with Crippen molar-refractivity contribution >= 4 is 0 Å². The first kappa shape index (κ1) is 17.1. The van der Waals surface area contributed by atoms with Crippen LogP contribution >= 0.6 is 0 Å². The van der Waals surface area contributed by atoms with Crippen molar-refractivity contribution in [2.45, 2.75) is 80.3 Å². The average Bonchev–Trinajstić information content (AvgIpc) is 2.28. The Morgan fingerprint density at radius 1 is 1.05 bits per heavy atom. The molecule has 1 aromatic rings. The standard InChI is InChI=1S/C19H32O/c1-9-15-10-16(12-19(6,7)8)18(20-14(4)5)17(11-15)13(2)3/h10-11,13-14H,9,12H2,1-8H3. The first-order chi connectivity index (χ1) is 9.14. The molecular formula is C19H32O. The topological polar surface area (TPSA) is 9.23 Å². The first-order valence-corrected chi connectivity index (χ1v) is 7.96. The zero-order valence-electron chi connectivity index (χ0n) is 14.6. The van der Waals surface area contributed by atoms with E-state index >= 15 is 0 Å². The summed E-state index contributed by atoms with van der Waals surface area (Å²) < 4.78 is 6.18. The van der Waals surface area contributed by atoms with E-state index < -0.39 is 0 Å². The highest BCUT2D eigenvalue weighted by molar-refractivity contribution is 5.47. The van der Waals surface area contributed by atoms with Crippen LogP contribution < -0.4 is 4.74 Å². The van der Waals surface area contributed by atoms with Crippen LogP contribution in [-0.2, 0) is 12.8 Å². The minimum Gasteiger partial charge on any atom is -0.490 e. The summed E-state index contributed by atoms with van der Waals surface area (Å²) in [6.45, 7) is 17.8. The van der Waals surface area contributed by atoms with Crippen LogP contribution in [0.5, 0.6) is 5.75 Å². The van der Waals surface area contributed by atoms with Crippen molar-refractivity contribution in [2.24, 2.45) is 5.41 Å². The van der Waals surface area contributed by atoms with Crippen LogP contribution in [0.2, 0.25) is 0 Å². The Morgan fingerprint density at radius 2 is 1.65 bits per heavy atom. The van der Waals surface area contributed by atoms with E-state index in [1.54, 1.807) is 0 Å². The van der Waals surface area contributed by atoms with Gasteiger partial charge in [0.1, 0.15) is 5.75 Å². The molecule has 1 rings (SSSR count). The van der Waals surface area contributed by atoms with E-state index in [4.69, 9.17) is 4.74 Å². The summed E-state index contributed by atoms with van der Waals surface area (Å²) in [6, 6.07) is 4.67. The summed E-state index contributed by atoms with van der Waals surface area (Å²) in [5.41, 5.74) is 4.42. The zero-order chi connectivity index (χ0) is 15.5. The molecule has 0 aliphatic heterocycles. The fraction of sp³-hybridized carbons (Fsp3) is 0.684. The zero-order valence-corrected chi connectivity index (χ0v) is 14.6. The SMILES string of the molecule is CCc1cc(CC(C)(C)C)c(OC(C)C)c(C(C)C)c1. The Balaban J connectivity index is 3.38. The van der Waals surface area contributed by atoms with Crippen LogP contribution in [0.15, 0.2) is 12.1 Å². The Kier molecular flexibility index (Phi) is 5.68. The van der Waals surface area contributed by atoms with E-state index in [0.717, 1.165) is 18.6 Å². The van der Waals surface area contributed by atoms with Crippen LogP contribution in [0.4, 0.5) is 0 Å². The summed E-state index contributed by atoms with van der Waals surface area (Å²) >= 11 is 0. The van der Waals surface area contributed by atoms with Gasteiger partial charge in [0.05, 0.1) is 6.10 Å². The molecule has 114 valence electrons. The van der Waals surface area contributed by atoms with Gasteiger partial charge in [-0.1, -0.05) is 53.7 Å². The van der Waals surface area contributed by atoms with Gasteiger partial charge in [-0.15, -0.1) is 0 Å². The van der Waals surface area contributed by atoms with E-state index in [1.165, 1.54) is 16.7 Å². The van der Waals surface area contributed by atoms with Crippen LogP contribution in [0.1, 0.15) is 78.0 Å². The lowest BCUT2D eigenvalue weighted by atomic mass is 9.84. The van der Waals surface area contributed by atoms with Crippen molar-refractivity contribution in [3.63, 3.8) is 0 Å². The molecule has 0 unspecified atom stereocenters. The van der Waals surface area contributed by atoms with E-state index in [0.29, 0.717) is 5.92 Å². The molecule has 0 saturated heterocycles. The van der Waals surface area contributed by atoms with Gasteiger partial charge in [0.2, 0.25) is 0 Å². The predicted octanol–water partition coefficient (Wildman–Crippen LogP) is 5.75. The highest BCUT2D eigenvalue weighted by Gasteiger charge is 2.20. The van der Waals surface area contributed by atoms with Gasteiger partial charge in [-0.2, -0.15) is 0 Å². The van der Waals surface area contributed by atoms with Crippen molar-refractivity contribution < 1.29 is 4.74 Å². The molecule has 0 N–H and O–H groups in total. The Morgan fingerprint density at radius 3 is 2.05 bits per heavy atom. The van der Waals surface area contributed by atoms with E-state index in [2.05, 4.69) is 67.5 Å². The van der Waals surface area contributed by atoms with Crippen molar-refractivity contribution in [3.8, 4) is 5.75 Å². The largest absolute Gasteiger partial charge is 0.490 e. The molecule has 0 aliphatic rings. The molecule has 0 heterocycles. The van der Waals surface area contributed by atoms with Crippen LogP contribution in [0, 0.1) is 5.41 Å². The summed E-state index contributed by atoms with van der Waals surface area (Å²) in [5.74, 6) is 1.62. The first-order valence-electron chi connectivity index (χ1n) is 7.96. The summed E-state index contributed by atoms with van der Waals surface area (Å²) in [7, 11) is 0. The molecule has 0 aromatic heterocycles. The molecule has 1 nitrogen and oxygen atoms in total.